The van der Waals surface area contributed by atoms with Crippen LogP contribution in [-0.2, 0) is 11.3 Å². The minimum atomic E-state index is -0.189. The highest BCUT2D eigenvalue weighted by molar-refractivity contribution is 7.99. The van der Waals surface area contributed by atoms with Crippen molar-refractivity contribution in [1.29, 1.82) is 0 Å². The summed E-state index contributed by atoms with van der Waals surface area (Å²) in [5, 5.41) is 4.38. The van der Waals surface area contributed by atoms with Crippen LogP contribution >= 0.6 is 23.4 Å². The van der Waals surface area contributed by atoms with Gasteiger partial charge in [0, 0.05) is 11.6 Å². The predicted octanol–water partition coefficient (Wildman–Crippen LogP) is 6.27. The molecule has 0 radical (unpaired) electrons. The Balaban J connectivity index is 1.61. The average molecular weight is 506 g/mol. The first-order valence-corrected chi connectivity index (χ1v) is 13.0. The van der Waals surface area contributed by atoms with Crippen LogP contribution in [0, 0.1) is 6.92 Å². The molecule has 5 nitrogen and oxygen atoms in total. The van der Waals surface area contributed by atoms with Crippen molar-refractivity contribution in [2.24, 2.45) is 0 Å². The van der Waals surface area contributed by atoms with Gasteiger partial charge in [-0.25, -0.2) is 4.98 Å². The number of rotatable bonds is 8. The van der Waals surface area contributed by atoms with Gasteiger partial charge in [-0.05, 0) is 60.7 Å². The van der Waals surface area contributed by atoms with E-state index in [0.29, 0.717) is 39.2 Å². The SMILES string of the molecule is CC[C@H](C)c1ccc(-n2c(SCC(=O)NCc3ccc(C)cc3)nc3cc(Cl)ccc3c2=O)cc1. The van der Waals surface area contributed by atoms with E-state index in [0.717, 1.165) is 12.0 Å². The van der Waals surface area contributed by atoms with E-state index < -0.39 is 0 Å². The number of thioether (sulfide) groups is 1. The Labute approximate surface area is 214 Å². The van der Waals surface area contributed by atoms with Crippen LogP contribution in [-0.4, -0.2) is 21.2 Å². The lowest BCUT2D eigenvalue weighted by Crippen LogP contribution is -2.26. The first-order valence-electron chi connectivity index (χ1n) is 11.6. The van der Waals surface area contributed by atoms with Gasteiger partial charge in [0.15, 0.2) is 5.16 Å². The normalized spacial score (nSPS) is 12.0. The molecule has 0 aliphatic rings. The van der Waals surface area contributed by atoms with Crippen molar-refractivity contribution >= 4 is 40.2 Å². The van der Waals surface area contributed by atoms with Crippen molar-refractivity contribution < 1.29 is 4.79 Å². The molecule has 0 saturated carbocycles. The lowest BCUT2D eigenvalue weighted by atomic mass is 9.98. The van der Waals surface area contributed by atoms with E-state index in [9.17, 15) is 9.59 Å². The zero-order chi connectivity index (χ0) is 24.9. The Morgan fingerprint density at radius 1 is 1.09 bits per heavy atom. The summed E-state index contributed by atoms with van der Waals surface area (Å²) in [4.78, 5) is 30.8. The van der Waals surface area contributed by atoms with E-state index in [-0.39, 0.29) is 17.2 Å². The smallest absolute Gasteiger partial charge is 0.266 e. The van der Waals surface area contributed by atoms with Crippen molar-refractivity contribution in [1.82, 2.24) is 14.9 Å². The molecule has 35 heavy (non-hydrogen) atoms. The molecule has 0 fully saturated rings. The third-order valence-corrected chi connectivity index (χ3v) is 7.25. The highest BCUT2D eigenvalue weighted by atomic mass is 35.5. The fraction of sp³-hybridized carbons (Fsp3) is 0.250. The molecule has 1 N–H and O–H groups in total. The van der Waals surface area contributed by atoms with Crippen molar-refractivity contribution in [3.05, 3.63) is 98.8 Å². The summed E-state index contributed by atoms with van der Waals surface area (Å²) >= 11 is 7.39. The van der Waals surface area contributed by atoms with Crippen LogP contribution in [0.2, 0.25) is 5.02 Å². The second-order valence-corrected chi connectivity index (χ2v) is 10.0. The van der Waals surface area contributed by atoms with Crippen molar-refractivity contribution in [2.75, 3.05) is 5.75 Å². The number of nitrogens with zero attached hydrogens (tertiary/aromatic N) is 2. The van der Waals surface area contributed by atoms with Gasteiger partial charge in [0.25, 0.3) is 5.56 Å². The number of hydrogen-bond acceptors (Lipinski definition) is 4. The lowest BCUT2D eigenvalue weighted by Gasteiger charge is -2.15. The number of aryl methyl sites for hydroxylation is 1. The van der Waals surface area contributed by atoms with Gasteiger partial charge >= 0.3 is 0 Å². The standard InChI is InChI=1S/C28H28ClN3O2S/c1-4-19(3)21-9-12-23(13-10-21)32-27(34)24-14-11-22(29)15-25(24)31-28(32)35-17-26(33)30-16-20-7-5-18(2)6-8-20/h5-15,19H,4,16-17H2,1-3H3,(H,30,33)/t19-/m0/s1. The number of amides is 1. The number of benzene rings is 3. The summed E-state index contributed by atoms with van der Waals surface area (Å²) in [7, 11) is 0. The number of fused-ring (bicyclic) bond motifs is 1. The monoisotopic (exact) mass is 505 g/mol. The van der Waals surface area contributed by atoms with Gasteiger partial charge in [0.05, 0.1) is 22.3 Å². The molecule has 3 aromatic carbocycles. The fourth-order valence-corrected chi connectivity index (χ4v) is 4.75. The number of halogens is 1. The molecular formula is C28H28ClN3O2S. The fourth-order valence-electron chi connectivity index (χ4n) is 3.74. The van der Waals surface area contributed by atoms with Crippen LogP contribution in [0.1, 0.15) is 42.9 Å². The molecule has 1 aromatic heterocycles. The van der Waals surface area contributed by atoms with E-state index in [1.807, 2.05) is 55.5 Å². The van der Waals surface area contributed by atoms with Crippen LogP contribution in [0.15, 0.2) is 76.7 Å². The van der Waals surface area contributed by atoms with Gasteiger partial charge in [0.1, 0.15) is 0 Å². The lowest BCUT2D eigenvalue weighted by molar-refractivity contribution is -0.118. The molecule has 0 saturated heterocycles. The van der Waals surface area contributed by atoms with Crippen LogP contribution in [0.4, 0.5) is 0 Å². The Bertz CT molecular complexity index is 1400. The van der Waals surface area contributed by atoms with Gasteiger partial charge in [-0.15, -0.1) is 0 Å². The largest absolute Gasteiger partial charge is 0.351 e. The Hall–Kier alpha value is -3.09. The molecule has 1 amide bonds. The molecule has 0 unspecified atom stereocenters. The first kappa shape index (κ1) is 25.0. The highest BCUT2D eigenvalue weighted by Gasteiger charge is 2.16. The van der Waals surface area contributed by atoms with Crippen molar-refractivity contribution in [2.45, 2.75) is 44.8 Å². The van der Waals surface area contributed by atoms with Gasteiger partial charge < -0.3 is 5.32 Å². The summed E-state index contributed by atoms with van der Waals surface area (Å²) in [6.45, 7) is 6.81. The molecule has 4 aromatic rings. The minimum absolute atomic E-state index is 0.130. The summed E-state index contributed by atoms with van der Waals surface area (Å²) < 4.78 is 1.58. The number of carbonyl (C=O) groups is 1. The first-order chi connectivity index (χ1) is 16.9. The van der Waals surface area contributed by atoms with E-state index in [1.165, 1.54) is 22.9 Å². The number of nitrogens with one attached hydrogen (secondary N) is 1. The maximum absolute atomic E-state index is 13.5. The van der Waals surface area contributed by atoms with E-state index in [4.69, 9.17) is 16.6 Å². The molecule has 0 aliphatic heterocycles. The number of carbonyl (C=O) groups excluding carboxylic acids is 1. The Kier molecular flexibility index (Phi) is 7.93. The van der Waals surface area contributed by atoms with Gasteiger partial charge in [-0.3, -0.25) is 14.2 Å². The summed E-state index contributed by atoms with van der Waals surface area (Å²) in [6, 6.07) is 21.1. The van der Waals surface area contributed by atoms with E-state index in [1.54, 1.807) is 22.8 Å². The zero-order valence-corrected chi connectivity index (χ0v) is 21.6. The third kappa shape index (κ3) is 5.95. The van der Waals surface area contributed by atoms with Crippen LogP contribution < -0.4 is 10.9 Å². The van der Waals surface area contributed by atoms with Gasteiger partial charge in [-0.2, -0.15) is 0 Å². The number of aromatic nitrogens is 2. The maximum atomic E-state index is 13.5. The molecule has 0 spiro atoms. The molecule has 7 heteroatoms. The quantitative estimate of drug-likeness (QED) is 0.226. The van der Waals surface area contributed by atoms with Crippen LogP contribution in [0.5, 0.6) is 0 Å². The Morgan fingerprint density at radius 3 is 2.49 bits per heavy atom. The zero-order valence-electron chi connectivity index (χ0n) is 20.0. The van der Waals surface area contributed by atoms with E-state index in [2.05, 4.69) is 19.2 Å². The van der Waals surface area contributed by atoms with Crippen LogP contribution in [0.3, 0.4) is 0 Å². The molecule has 0 bridgehead atoms. The van der Waals surface area contributed by atoms with Crippen molar-refractivity contribution in [3.63, 3.8) is 0 Å². The third-order valence-electron chi connectivity index (χ3n) is 6.08. The van der Waals surface area contributed by atoms with E-state index >= 15 is 0 Å². The van der Waals surface area contributed by atoms with Gasteiger partial charge in [0.2, 0.25) is 5.91 Å². The maximum Gasteiger partial charge on any atom is 0.266 e. The Morgan fingerprint density at radius 2 is 1.80 bits per heavy atom. The second kappa shape index (κ2) is 11.1. The topological polar surface area (TPSA) is 64.0 Å². The van der Waals surface area contributed by atoms with Crippen molar-refractivity contribution in [3.8, 4) is 5.69 Å². The summed E-state index contributed by atoms with van der Waals surface area (Å²) in [5.41, 5.74) is 4.46. The molecule has 1 atom stereocenters. The molecule has 4 rings (SSSR count). The summed E-state index contributed by atoms with van der Waals surface area (Å²) in [5.74, 6) is 0.438. The molecular weight excluding hydrogens is 478 g/mol. The highest BCUT2D eigenvalue weighted by Crippen LogP contribution is 2.25. The molecule has 1 heterocycles. The minimum Gasteiger partial charge on any atom is -0.351 e. The van der Waals surface area contributed by atoms with Gasteiger partial charge in [-0.1, -0.05) is 79.2 Å². The molecule has 180 valence electrons. The predicted molar refractivity (Wildman–Crippen MR) is 145 cm³/mol. The van der Waals surface area contributed by atoms with Crippen LogP contribution in [0.25, 0.3) is 16.6 Å². The second-order valence-electron chi connectivity index (χ2n) is 8.65. The molecule has 0 aliphatic carbocycles. The number of hydrogen-bond donors (Lipinski definition) is 1. The average Bonchev–Trinajstić information content (AvgIpc) is 2.86. The summed E-state index contributed by atoms with van der Waals surface area (Å²) in [6.07, 6.45) is 1.04.